The van der Waals surface area contributed by atoms with Gasteiger partial charge >= 0.3 is 0 Å². The molecule has 3 aromatic carbocycles. The van der Waals surface area contributed by atoms with Crippen molar-refractivity contribution in [2.75, 3.05) is 11.1 Å². The van der Waals surface area contributed by atoms with E-state index in [2.05, 4.69) is 15.5 Å². The third-order valence-electron chi connectivity index (χ3n) is 5.04. The summed E-state index contributed by atoms with van der Waals surface area (Å²) < 4.78 is 15.5. The maximum Gasteiger partial charge on any atom is 0.234 e. The number of nitrogens with one attached hydrogen (secondary N) is 1. The minimum absolute atomic E-state index is 0.102. The average molecular weight is 444 g/mol. The molecule has 0 spiro atoms. The van der Waals surface area contributed by atoms with E-state index in [1.54, 1.807) is 6.07 Å². The van der Waals surface area contributed by atoms with Gasteiger partial charge in [0.2, 0.25) is 5.91 Å². The molecule has 0 aliphatic rings. The van der Waals surface area contributed by atoms with Crippen LogP contribution in [0.15, 0.2) is 77.8 Å². The Labute approximate surface area is 187 Å². The maximum atomic E-state index is 13.5. The van der Waals surface area contributed by atoms with Crippen LogP contribution in [0, 0.1) is 12.7 Å². The summed E-state index contributed by atoms with van der Waals surface area (Å²) in [7, 11) is 0. The molecule has 5 rings (SSSR count). The van der Waals surface area contributed by atoms with Gasteiger partial charge < -0.3 is 5.32 Å². The number of benzene rings is 3. The average Bonchev–Trinajstić information content (AvgIpc) is 3.26. The second-order valence-electron chi connectivity index (χ2n) is 7.25. The lowest BCUT2D eigenvalue weighted by atomic mass is 10.2. The molecule has 0 fully saturated rings. The van der Waals surface area contributed by atoms with E-state index in [9.17, 15) is 9.18 Å². The number of halogens is 1. The molecule has 0 saturated heterocycles. The zero-order valence-corrected chi connectivity index (χ0v) is 17.9. The summed E-state index contributed by atoms with van der Waals surface area (Å²) in [6, 6.07) is 21.9. The Kier molecular flexibility index (Phi) is 5.28. The minimum atomic E-state index is -0.395. The zero-order chi connectivity index (χ0) is 22.1. The molecule has 158 valence electrons. The van der Waals surface area contributed by atoms with Crippen molar-refractivity contribution in [3.05, 3.63) is 84.2 Å². The quantitative estimate of drug-likeness (QED) is 0.382. The number of rotatable bonds is 5. The largest absolute Gasteiger partial charge is 0.325 e. The Morgan fingerprint density at radius 1 is 1.03 bits per heavy atom. The molecule has 0 aliphatic carbocycles. The molecular formula is C24H18FN5OS. The molecule has 2 heterocycles. The van der Waals surface area contributed by atoms with Crippen LogP contribution in [0.4, 0.5) is 10.1 Å². The molecule has 0 atom stereocenters. The van der Waals surface area contributed by atoms with E-state index in [-0.39, 0.29) is 11.7 Å². The predicted octanol–water partition coefficient (Wildman–Crippen LogP) is 5.12. The van der Waals surface area contributed by atoms with Gasteiger partial charge in [-0.3, -0.25) is 9.20 Å². The van der Waals surface area contributed by atoms with Crippen LogP contribution in [0.5, 0.6) is 0 Å². The van der Waals surface area contributed by atoms with Crippen LogP contribution in [0.1, 0.15) is 5.56 Å². The molecule has 1 amide bonds. The summed E-state index contributed by atoms with van der Waals surface area (Å²) in [5.41, 5.74) is 4.44. The number of carbonyl (C=O) groups excluding carboxylic acids is 1. The second kappa shape index (κ2) is 8.39. The maximum absolute atomic E-state index is 13.5. The van der Waals surface area contributed by atoms with E-state index >= 15 is 0 Å². The lowest BCUT2D eigenvalue weighted by Gasteiger charge is -2.10. The highest BCUT2D eigenvalue weighted by molar-refractivity contribution is 8.00. The third-order valence-corrected chi connectivity index (χ3v) is 6.00. The third kappa shape index (κ3) is 3.80. The lowest BCUT2D eigenvalue weighted by Crippen LogP contribution is -2.15. The van der Waals surface area contributed by atoms with Gasteiger partial charge in [-0.25, -0.2) is 9.37 Å². The molecular weight excluding hydrogens is 425 g/mol. The molecule has 0 aliphatic heterocycles. The number of thioether (sulfide) groups is 1. The van der Waals surface area contributed by atoms with Crippen molar-refractivity contribution in [2.24, 2.45) is 0 Å². The second-order valence-corrected chi connectivity index (χ2v) is 8.21. The monoisotopic (exact) mass is 443 g/mol. The number of fused-ring (bicyclic) bond motifs is 3. The summed E-state index contributed by atoms with van der Waals surface area (Å²) in [6.07, 6.45) is 0. The number of hydrogen-bond acceptors (Lipinski definition) is 5. The zero-order valence-electron chi connectivity index (χ0n) is 17.1. The van der Waals surface area contributed by atoms with E-state index in [1.807, 2.05) is 65.9 Å². The number of hydrogen-bond donors (Lipinski definition) is 1. The first kappa shape index (κ1) is 20.1. The number of anilines is 1. The van der Waals surface area contributed by atoms with Crippen LogP contribution in [0.25, 0.3) is 28.1 Å². The first-order valence-electron chi connectivity index (χ1n) is 9.98. The highest BCUT2D eigenvalue weighted by Crippen LogP contribution is 2.29. The van der Waals surface area contributed by atoms with Gasteiger partial charge in [0, 0.05) is 11.3 Å². The molecule has 32 heavy (non-hydrogen) atoms. The van der Waals surface area contributed by atoms with Gasteiger partial charge in [-0.05, 0) is 36.8 Å². The van der Waals surface area contributed by atoms with Gasteiger partial charge in [-0.2, -0.15) is 0 Å². The van der Waals surface area contributed by atoms with Crippen molar-refractivity contribution in [3.63, 3.8) is 0 Å². The van der Waals surface area contributed by atoms with Gasteiger partial charge in [0.25, 0.3) is 0 Å². The number of para-hydroxylation sites is 2. The van der Waals surface area contributed by atoms with Crippen LogP contribution in [0.2, 0.25) is 0 Å². The molecule has 0 radical (unpaired) electrons. The Morgan fingerprint density at radius 3 is 2.66 bits per heavy atom. The highest BCUT2D eigenvalue weighted by Gasteiger charge is 2.17. The predicted molar refractivity (Wildman–Crippen MR) is 124 cm³/mol. The fraction of sp³-hybridized carbons (Fsp3) is 0.0833. The smallest absolute Gasteiger partial charge is 0.234 e. The van der Waals surface area contributed by atoms with Crippen molar-refractivity contribution in [2.45, 2.75) is 11.9 Å². The summed E-state index contributed by atoms with van der Waals surface area (Å²) in [6.45, 7) is 1.82. The normalized spacial score (nSPS) is 11.2. The van der Waals surface area contributed by atoms with Crippen LogP contribution in [-0.2, 0) is 4.79 Å². The first-order chi connectivity index (χ1) is 15.6. The molecule has 0 saturated carbocycles. The lowest BCUT2D eigenvalue weighted by molar-refractivity contribution is -0.113. The molecule has 6 nitrogen and oxygen atoms in total. The van der Waals surface area contributed by atoms with E-state index in [4.69, 9.17) is 4.98 Å². The molecule has 0 bridgehead atoms. The Morgan fingerprint density at radius 2 is 1.81 bits per heavy atom. The topological polar surface area (TPSA) is 72.2 Å². The number of nitrogens with zero attached hydrogens (tertiary/aromatic N) is 4. The van der Waals surface area contributed by atoms with Crippen LogP contribution < -0.4 is 5.32 Å². The SMILES string of the molecule is Cc1ccc(F)cc1NC(=O)CSc1nc2ccccc2n2c(-c3ccccc3)nnc12. The van der Waals surface area contributed by atoms with E-state index in [0.29, 0.717) is 22.2 Å². The number of carbonyl (C=O) groups is 1. The van der Waals surface area contributed by atoms with Gasteiger partial charge in [0.1, 0.15) is 10.8 Å². The fourth-order valence-corrected chi connectivity index (χ4v) is 4.24. The Hall–Kier alpha value is -3.78. The minimum Gasteiger partial charge on any atom is -0.325 e. The van der Waals surface area contributed by atoms with Crippen molar-refractivity contribution in [1.82, 2.24) is 19.6 Å². The highest BCUT2D eigenvalue weighted by atomic mass is 32.2. The van der Waals surface area contributed by atoms with Gasteiger partial charge in [0.15, 0.2) is 11.5 Å². The van der Waals surface area contributed by atoms with E-state index in [1.165, 1.54) is 23.9 Å². The van der Waals surface area contributed by atoms with Crippen LogP contribution >= 0.6 is 11.8 Å². The first-order valence-corrected chi connectivity index (χ1v) is 11.0. The molecule has 8 heteroatoms. The molecule has 1 N–H and O–H groups in total. The summed E-state index contributed by atoms with van der Waals surface area (Å²) in [4.78, 5) is 17.3. The van der Waals surface area contributed by atoms with E-state index < -0.39 is 5.82 Å². The molecule has 2 aromatic heterocycles. The van der Waals surface area contributed by atoms with Gasteiger partial charge in [0.05, 0.1) is 16.8 Å². The molecule has 0 unspecified atom stereocenters. The van der Waals surface area contributed by atoms with Gasteiger partial charge in [-0.1, -0.05) is 60.3 Å². The molecule has 5 aromatic rings. The summed E-state index contributed by atoms with van der Waals surface area (Å²) in [5.74, 6) is 0.165. The standard InChI is InChI=1S/C24H18FN5OS/c1-15-11-12-17(25)13-19(15)26-21(31)14-32-24-23-29-28-22(16-7-3-2-4-8-16)30(23)20-10-6-5-9-18(20)27-24/h2-13H,14H2,1H3,(H,26,31). The van der Waals surface area contributed by atoms with Gasteiger partial charge in [-0.15, -0.1) is 10.2 Å². The fourth-order valence-electron chi connectivity index (χ4n) is 3.48. The van der Waals surface area contributed by atoms with Crippen molar-refractivity contribution in [1.29, 1.82) is 0 Å². The van der Waals surface area contributed by atoms with Crippen LogP contribution in [0.3, 0.4) is 0 Å². The summed E-state index contributed by atoms with van der Waals surface area (Å²) in [5, 5.41) is 12.2. The van der Waals surface area contributed by atoms with Crippen molar-refractivity contribution >= 4 is 40.0 Å². The summed E-state index contributed by atoms with van der Waals surface area (Å²) >= 11 is 1.27. The number of aromatic nitrogens is 4. The number of aryl methyl sites for hydroxylation is 1. The van der Waals surface area contributed by atoms with E-state index in [0.717, 1.165) is 22.2 Å². The Balaban J connectivity index is 1.49. The van der Waals surface area contributed by atoms with Crippen LogP contribution in [-0.4, -0.2) is 31.2 Å². The van der Waals surface area contributed by atoms with Crippen molar-refractivity contribution in [3.8, 4) is 11.4 Å². The number of amides is 1. The Bertz CT molecular complexity index is 1450. The van der Waals surface area contributed by atoms with Crippen molar-refractivity contribution < 1.29 is 9.18 Å².